The molecule has 0 unspecified atom stereocenters. The summed E-state index contributed by atoms with van der Waals surface area (Å²) >= 11 is 1.09. The highest BCUT2D eigenvalue weighted by atomic mass is 32.1. The van der Waals surface area contributed by atoms with Crippen LogP contribution in [0.5, 0.6) is 0 Å². The topological polar surface area (TPSA) is 124 Å². The zero-order valence-corrected chi connectivity index (χ0v) is 10.1. The number of nitrogens with two attached hydrogens (primary N) is 1. The van der Waals surface area contributed by atoms with Crippen molar-refractivity contribution in [2.24, 2.45) is 0 Å². The Morgan fingerprint density at radius 3 is 2.61 bits per heavy atom. The Hall–Kier alpha value is -1.80. The van der Waals surface area contributed by atoms with Crippen LogP contribution in [0.4, 0.5) is 9.80 Å². The zero-order chi connectivity index (χ0) is 13.4. The maximum absolute atomic E-state index is 11.1. The van der Waals surface area contributed by atoms with Crippen LogP contribution >= 0.6 is 11.3 Å². The van der Waals surface area contributed by atoms with Crippen LogP contribution in [0.2, 0.25) is 0 Å². The Balaban J connectivity index is 2.45. The SMILES string of the molecule is Nc1sc2c(c1C(=O)O)C[C@@H](CO)N(C(=O)O)C2. The number of nitrogens with zero attached hydrogens (tertiary/aromatic N) is 1. The summed E-state index contributed by atoms with van der Waals surface area (Å²) in [6, 6.07) is -0.623. The van der Waals surface area contributed by atoms with Gasteiger partial charge in [0.05, 0.1) is 24.8 Å². The second-order valence-corrected chi connectivity index (χ2v) is 5.14. The third-order valence-electron chi connectivity index (χ3n) is 2.98. The average molecular weight is 272 g/mol. The maximum atomic E-state index is 11.1. The first-order valence-corrected chi connectivity index (χ1v) is 6.01. The van der Waals surface area contributed by atoms with Crippen molar-refractivity contribution in [2.45, 2.75) is 19.0 Å². The number of carboxylic acids is 1. The summed E-state index contributed by atoms with van der Waals surface area (Å²) < 4.78 is 0. The number of amides is 1. The standard InChI is InChI=1S/C10H12N2O5S/c11-8-7(9(14)15)5-1-4(3-13)12(10(16)17)2-6(5)18-8/h4,13H,1-3,11H2,(H,14,15)(H,16,17)/t4-/m0/s1. The molecule has 1 atom stereocenters. The van der Waals surface area contributed by atoms with Crippen molar-refractivity contribution in [1.29, 1.82) is 0 Å². The van der Waals surface area contributed by atoms with Crippen LogP contribution < -0.4 is 5.73 Å². The molecule has 1 aromatic rings. The molecular formula is C10H12N2O5S. The van der Waals surface area contributed by atoms with Gasteiger partial charge >= 0.3 is 12.1 Å². The molecule has 0 aliphatic carbocycles. The van der Waals surface area contributed by atoms with E-state index in [4.69, 9.17) is 15.9 Å². The number of nitrogen functional groups attached to an aromatic ring is 1. The van der Waals surface area contributed by atoms with Crippen LogP contribution in [0, 0.1) is 0 Å². The number of carbonyl (C=O) groups is 2. The molecule has 0 fully saturated rings. The lowest BCUT2D eigenvalue weighted by Crippen LogP contribution is -2.45. The van der Waals surface area contributed by atoms with Gasteiger partial charge in [0.15, 0.2) is 0 Å². The second kappa shape index (κ2) is 4.46. The monoisotopic (exact) mass is 272 g/mol. The third-order valence-corrected chi connectivity index (χ3v) is 4.03. The van der Waals surface area contributed by atoms with E-state index in [1.165, 1.54) is 0 Å². The van der Waals surface area contributed by atoms with Crippen LogP contribution in [0.25, 0.3) is 0 Å². The smallest absolute Gasteiger partial charge is 0.407 e. The van der Waals surface area contributed by atoms with Crippen LogP contribution in [-0.4, -0.2) is 44.9 Å². The molecule has 18 heavy (non-hydrogen) atoms. The summed E-state index contributed by atoms with van der Waals surface area (Å²) in [5.41, 5.74) is 6.22. The highest BCUT2D eigenvalue weighted by Crippen LogP contribution is 2.36. The van der Waals surface area contributed by atoms with Crippen molar-refractivity contribution < 1.29 is 24.9 Å². The highest BCUT2D eigenvalue weighted by Gasteiger charge is 2.34. The lowest BCUT2D eigenvalue weighted by atomic mass is 9.97. The molecule has 0 saturated heterocycles. The van der Waals surface area contributed by atoms with Gasteiger partial charge in [0.25, 0.3) is 0 Å². The number of hydrogen-bond donors (Lipinski definition) is 4. The van der Waals surface area contributed by atoms with Crippen molar-refractivity contribution in [3.63, 3.8) is 0 Å². The Bertz CT molecular complexity index is 513. The third kappa shape index (κ3) is 1.89. The lowest BCUT2D eigenvalue weighted by molar-refractivity contribution is 0.0693. The summed E-state index contributed by atoms with van der Waals surface area (Å²) in [6.45, 7) is -0.279. The number of anilines is 1. The van der Waals surface area contributed by atoms with Crippen molar-refractivity contribution >= 4 is 28.4 Å². The van der Waals surface area contributed by atoms with Gasteiger partial charge in [-0.3, -0.25) is 4.90 Å². The number of aliphatic hydroxyl groups excluding tert-OH is 1. The van der Waals surface area contributed by atoms with E-state index in [0.717, 1.165) is 16.2 Å². The molecule has 0 bridgehead atoms. The fourth-order valence-electron chi connectivity index (χ4n) is 2.13. The summed E-state index contributed by atoms with van der Waals surface area (Å²) in [6.07, 6.45) is -0.962. The molecular weight excluding hydrogens is 260 g/mol. The molecule has 1 aromatic heterocycles. The van der Waals surface area contributed by atoms with Gasteiger partial charge in [0, 0.05) is 4.88 Å². The minimum Gasteiger partial charge on any atom is -0.478 e. The average Bonchev–Trinajstić information content (AvgIpc) is 2.61. The number of aliphatic hydroxyl groups is 1. The van der Waals surface area contributed by atoms with Crippen LogP contribution in [-0.2, 0) is 13.0 Å². The molecule has 5 N–H and O–H groups in total. The van der Waals surface area contributed by atoms with Crippen LogP contribution in [0.3, 0.4) is 0 Å². The Morgan fingerprint density at radius 2 is 2.11 bits per heavy atom. The van der Waals surface area contributed by atoms with Gasteiger partial charge in [-0.15, -0.1) is 11.3 Å². The number of thiophene rings is 1. The lowest BCUT2D eigenvalue weighted by Gasteiger charge is -2.32. The van der Waals surface area contributed by atoms with Gasteiger partial charge in [-0.25, -0.2) is 9.59 Å². The van der Waals surface area contributed by atoms with E-state index < -0.39 is 18.1 Å². The van der Waals surface area contributed by atoms with E-state index in [-0.39, 0.29) is 30.1 Å². The van der Waals surface area contributed by atoms with Crippen molar-refractivity contribution in [2.75, 3.05) is 12.3 Å². The van der Waals surface area contributed by atoms with Gasteiger partial charge in [0.2, 0.25) is 0 Å². The first-order valence-electron chi connectivity index (χ1n) is 5.19. The van der Waals surface area contributed by atoms with E-state index in [9.17, 15) is 14.7 Å². The molecule has 1 aliphatic rings. The molecule has 1 amide bonds. The number of hydrogen-bond acceptors (Lipinski definition) is 5. The summed E-state index contributed by atoms with van der Waals surface area (Å²) in [5.74, 6) is -1.12. The van der Waals surface area contributed by atoms with Crippen molar-refractivity contribution in [3.05, 3.63) is 16.0 Å². The molecule has 0 aromatic carbocycles. The molecule has 2 heterocycles. The maximum Gasteiger partial charge on any atom is 0.407 e. The quantitative estimate of drug-likeness (QED) is 0.618. The normalized spacial score (nSPS) is 18.5. The molecule has 0 spiro atoms. The van der Waals surface area contributed by atoms with E-state index in [2.05, 4.69) is 0 Å². The van der Waals surface area contributed by atoms with Crippen molar-refractivity contribution in [1.82, 2.24) is 4.90 Å². The summed E-state index contributed by atoms with van der Waals surface area (Å²) in [7, 11) is 0. The zero-order valence-electron chi connectivity index (χ0n) is 9.29. The van der Waals surface area contributed by atoms with Crippen LogP contribution in [0.1, 0.15) is 20.8 Å². The largest absolute Gasteiger partial charge is 0.478 e. The van der Waals surface area contributed by atoms with Gasteiger partial charge in [-0.2, -0.15) is 0 Å². The van der Waals surface area contributed by atoms with E-state index in [1.54, 1.807) is 0 Å². The predicted octanol–water partition coefficient (Wildman–Crippen LogP) is 0.426. The molecule has 1 aliphatic heterocycles. The molecule has 2 rings (SSSR count). The minimum atomic E-state index is -1.14. The fourth-order valence-corrected chi connectivity index (χ4v) is 3.22. The molecule has 0 radical (unpaired) electrons. The fraction of sp³-hybridized carbons (Fsp3) is 0.400. The van der Waals surface area contributed by atoms with Crippen molar-refractivity contribution in [3.8, 4) is 0 Å². The van der Waals surface area contributed by atoms with Crippen LogP contribution in [0.15, 0.2) is 0 Å². The summed E-state index contributed by atoms with van der Waals surface area (Å²) in [5, 5.41) is 27.5. The first-order chi connectivity index (χ1) is 8.45. The highest BCUT2D eigenvalue weighted by molar-refractivity contribution is 7.16. The second-order valence-electron chi connectivity index (χ2n) is 4.00. The van der Waals surface area contributed by atoms with E-state index >= 15 is 0 Å². The minimum absolute atomic E-state index is 0.0403. The van der Waals surface area contributed by atoms with Gasteiger partial charge in [0.1, 0.15) is 5.00 Å². The number of aromatic carboxylic acids is 1. The van der Waals surface area contributed by atoms with Gasteiger partial charge < -0.3 is 21.1 Å². The van der Waals surface area contributed by atoms with Gasteiger partial charge in [-0.05, 0) is 12.0 Å². The number of fused-ring (bicyclic) bond motifs is 1. The molecule has 7 nitrogen and oxygen atoms in total. The number of carboxylic acid groups (broad SMARTS) is 2. The Kier molecular flexibility index (Phi) is 3.14. The number of rotatable bonds is 2. The Morgan fingerprint density at radius 1 is 1.44 bits per heavy atom. The van der Waals surface area contributed by atoms with E-state index in [0.29, 0.717) is 10.4 Å². The van der Waals surface area contributed by atoms with Gasteiger partial charge in [-0.1, -0.05) is 0 Å². The predicted molar refractivity (Wildman–Crippen MR) is 63.8 cm³/mol. The Labute approximate surface area is 106 Å². The van der Waals surface area contributed by atoms with E-state index in [1.807, 2.05) is 0 Å². The molecule has 0 saturated carbocycles. The summed E-state index contributed by atoms with van der Waals surface area (Å²) in [4.78, 5) is 23.9. The first kappa shape index (κ1) is 12.7. The molecule has 98 valence electrons. The molecule has 8 heteroatoms.